The fraction of sp³-hybridized carbons (Fsp3) is 0.308. The van der Waals surface area contributed by atoms with Crippen LogP contribution in [0.5, 0.6) is 0 Å². The highest BCUT2D eigenvalue weighted by atomic mass is 19.1. The summed E-state index contributed by atoms with van der Waals surface area (Å²) >= 11 is 0. The van der Waals surface area contributed by atoms with E-state index in [1.165, 1.54) is 13.0 Å². The van der Waals surface area contributed by atoms with Gasteiger partial charge in [-0.2, -0.15) is 0 Å². The molecule has 0 aromatic heterocycles. The quantitative estimate of drug-likeness (QED) is 0.792. The fourth-order valence-electron chi connectivity index (χ4n) is 1.38. The Kier molecular flexibility index (Phi) is 4.83. The van der Waals surface area contributed by atoms with Crippen molar-refractivity contribution >= 4 is 11.6 Å². The van der Waals surface area contributed by atoms with Crippen LogP contribution in [0.25, 0.3) is 0 Å². The molecule has 0 radical (unpaired) electrons. The van der Waals surface area contributed by atoms with Crippen LogP contribution in [-0.4, -0.2) is 18.5 Å². The average molecular weight is 254 g/mol. The molecular formula is C13H16F2N2O. The summed E-state index contributed by atoms with van der Waals surface area (Å²) in [5, 5.41) is 5.19. The first-order chi connectivity index (χ1) is 8.45. The van der Waals surface area contributed by atoms with E-state index >= 15 is 0 Å². The minimum atomic E-state index is -0.665. The molecule has 0 heterocycles. The third-order valence-corrected chi connectivity index (χ3v) is 2.43. The van der Waals surface area contributed by atoms with Crippen molar-refractivity contribution in [2.45, 2.75) is 19.9 Å². The van der Waals surface area contributed by atoms with E-state index in [0.717, 1.165) is 12.1 Å². The van der Waals surface area contributed by atoms with Crippen LogP contribution < -0.4 is 10.6 Å². The van der Waals surface area contributed by atoms with Crippen LogP contribution in [-0.2, 0) is 4.79 Å². The molecule has 0 saturated carbocycles. The lowest BCUT2D eigenvalue weighted by atomic mass is 10.2. The second kappa shape index (κ2) is 6.14. The Hall–Kier alpha value is -1.91. The van der Waals surface area contributed by atoms with Crippen molar-refractivity contribution in [2.24, 2.45) is 0 Å². The summed E-state index contributed by atoms with van der Waals surface area (Å²) in [6, 6.07) is 1.47. The van der Waals surface area contributed by atoms with Crippen LogP contribution in [0, 0.1) is 18.6 Å². The maximum Gasteiger partial charge on any atom is 0.242 e. The van der Waals surface area contributed by atoms with E-state index in [9.17, 15) is 13.6 Å². The van der Waals surface area contributed by atoms with Gasteiger partial charge in [-0.25, -0.2) is 8.78 Å². The fourth-order valence-corrected chi connectivity index (χ4v) is 1.38. The molecule has 98 valence electrons. The standard InChI is InChI=1S/C13H16F2N2O/c1-4-5-16-13(18)9(3)17-12-7-10(14)8(2)6-11(12)15/h4,6-7,9,17H,1,5H2,2-3H3,(H,16,18). The molecule has 0 fully saturated rings. The molecule has 1 unspecified atom stereocenters. The van der Waals surface area contributed by atoms with Crippen LogP contribution in [0.15, 0.2) is 24.8 Å². The first-order valence-corrected chi connectivity index (χ1v) is 5.56. The second-order valence-electron chi connectivity index (χ2n) is 3.98. The molecule has 0 aliphatic rings. The van der Waals surface area contributed by atoms with Crippen molar-refractivity contribution in [3.05, 3.63) is 42.0 Å². The van der Waals surface area contributed by atoms with Crippen LogP contribution in [0.1, 0.15) is 12.5 Å². The van der Waals surface area contributed by atoms with Gasteiger partial charge in [-0.1, -0.05) is 6.08 Å². The molecule has 5 heteroatoms. The molecule has 2 N–H and O–H groups in total. The number of nitrogens with one attached hydrogen (secondary N) is 2. The zero-order valence-corrected chi connectivity index (χ0v) is 10.4. The van der Waals surface area contributed by atoms with Gasteiger partial charge in [0.1, 0.15) is 17.7 Å². The van der Waals surface area contributed by atoms with Gasteiger partial charge in [-0.3, -0.25) is 4.79 Å². The number of aryl methyl sites for hydroxylation is 1. The number of halogens is 2. The van der Waals surface area contributed by atoms with Gasteiger partial charge in [0.25, 0.3) is 0 Å². The third kappa shape index (κ3) is 3.55. The Balaban J connectivity index is 2.75. The molecule has 1 atom stereocenters. The first kappa shape index (κ1) is 14.2. The molecular weight excluding hydrogens is 238 g/mol. The Morgan fingerprint density at radius 3 is 2.72 bits per heavy atom. The van der Waals surface area contributed by atoms with E-state index in [-0.39, 0.29) is 17.2 Å². The van der Waals surface area contributed by atoms with Gasteiger partial charge in [0.2, 0.25) is 5.91 Å². The van der Waals surface area contributed by atoms with E-state index < -0.39 is 17.7 Å². The molecule has 0 spiro atoms. The summed E-state index contributed by atoms with van der Waals surface area (Å²) in [5.74, 6) is -1.41. The number of carbonyl (C=O) groups excluding carboxylic acids is 1. The lowest BCUT2D eigenvalue weighted by Crippen LogP contribution is -2.37. The largest absolute Gasteiger partial charge is 0.371 e. The smallest absolute Gasteiger partial charge is 0.242 e. The monoisotopic (exact) mass is 254 g/mol. The minimum Gasteiger partial charge on any atom is -0.371 e. The minimum absolute atomic E-state index is 0.0284. The van der Waals surface area contributed by atoms with E-state index in [2.05, 4.69) is 17.2 Å². The summed E-state index contributed by atoms with van der Waals surface area (Å²) in [7, 11) is 0. The maximum absolute atomic E-state index is 13.5. The molecule has 1 amide bonds. The van der Waals surface area contributed by atoms with Gasteiger partial charge < -0.3 is 10.6 Å². The Labute approximate surface area is 105 Å². The number of carbonyl (C=O) groups is 1. The zero-order chi connectivity index (χ0) is 13.7. The molecule has 1 rings (SSSR count). The molecule has 0 bridgehead atoms. The topological polar surface area (TPSA) is 41.1 Å². The van der Waals surface area contributed by atoms with Crippen molar-refractivity contribution in [1.29, 1.82) is 0 Å². The third-order valence-electron chi connectivity index (χ3n) is 2.43. The van der Waals surface area contributed by atoms with E-state index in [0.29, 0.717) is 6.54 Å². The second-order valence-corrected chi connectivity index (χ2v) is 3.98. The Morgan fingerprint density at radius 2 is 2.11 bits per heavy atom. The predicted octanol–water partition coefficient (Wildman–Crippen LogP) is 2.38. The summed E-state index contributed by atoms with van der Waals surface area (Å²) in [5.41, 5.74) is 0.196. The van der Waals surface area contributed by atoms with Crippen LogP contribution in [0.4, 0.5) is 14.5 Å². The average Bonchev–Trinajstić information content (AvgIpc) is 2.32. The van der Waals surface area contributed by atoms with Gasteiger partial charge in [0.05, 0.1) is 5.69 Å². The van der Waals surface area contributed by atoms with Gasteiger partial charge in [-0.15, -0.1) is 6.58 Å². The molecule has 1 aromatic rings. The van der Waals surface area contributed by atoms with Crippen molar-refractivity contribution in [2.75, 3.05) is 11.9 Å². The van der Waals surface area contributed by atoms with E-state index in [4.69, 9.17) is 0 Å². The summed E-state index contributed by atoms with van der Waals surface area (Å²) in [6.45, 7) is 6.84. The Bertz CT molecular complexity index is 461. The molecule has 0 aliphatic heterocycles. The van der Waals surface area contributed by atoms with Crippen LogP contribution in [0.2, 0.25) is 0 Å². The number of benzene rings is 1. The van der Waals surface area contributed by atoms with Gasteiger partial charge in [-0.05, 0) is 25.5 Å². The summed E-state index contributed by atoms with van der Waals surface area (Å²) in [4.78, 5) is 11.5. The number of rotatable bonds is 5. The number of hydrogen-bond donors (Lipinski definition) is 2. The van der Waals surface area contributed by atoms with Gasteiger partial charge in [0, 0.05) is 12.6 Å². The Morgan fingerprint density at radius 1 is 1.44 bits per heavy atom. The normalized spacial score (nSPS) is 11.8. The highest BCUT2D eigenvalue weighted by molar-refractivity contribution is 5.84. The highest BCUT2D eigenvalue weighted by Crippen LogP contribution is 2.19. The molecule has 0 aliphatic carbocycles. The predicted molar refractivity (Wildman–Crippen MR) is 67.4 cm³/mol. The number of anilines is 1. The summed E-state index contributed by atoms with van der Waals surface area (Å²) < 4.78 is 26.8. The lowest BCUT2D eigenvalue weighted by molar-refractivity contribution is -0.121. The van der Waals surface area contributed by atoms with E-state index in [1.54, 1.807) is 6.92 Å². The summed E-state index contributed by atoms with van der Waals surface area (Å²) in [6.07, 6.45) is 1.54. The van der Waals surface area contributed by atoms with Crippen molar-refractivity contribution in [3.63, 3.8) is 0 Å². The number of amides is 1. The van der Waals surface area contributed by atoms with Crippen molar-refractivity contribution in [3.8, 4) is 0 Å². The molecule has 0 saturated heterocycles. The van der Waals surface area contributed by atoms with Crippen LogP contribution >= 0.6 is 0 Å². The van der Waals surface area contributed by atoms with Gasteiger partial charge in [0.15, 0.2) is 0 Å². The van der Waals surface area contributed by atoms with Gasteiger partial charge >= 0.3 is 0 Å². The molecule has 1 aromatic carbocycles. The number of hydrogen-bond acceptors (Lipinski definition) is 2. The first-order valence-electron chi connectivity index (χ1n) is 5.56. The van der Waals surface area contributed by atoms with E-state index in [1.807, 2.05) is 0 Å². The lowest BCUT2D eigenvalue weighted by Gasteiger charge is -2.15. The SMILES string of the molecule is C=CCNC(=O)C(C)Nc1cc(F)c(C)cc1F. The maximum atomic E-state index is 13.5. The highest BCUT2D eigenvalue weighted by Gasteiger charge is 2.15. The molecule has 18 heavy (non-hydrogen) atoms. The van der Waals surface area contributed by atoms with Crippen molar-refractivity contribution < 1.29 is 13.6 Å². The van der Waals surface area contributed by atoms with Crippen molar-refractivity contribution in [1.82, 2.24) is 5.32 Å². The zero-order valence-electron chi connectivity index (χ0n) is 10.4. The van der Waals surface area contributed by atoms with Crippen LogP contribution in [0.3, 0.4) is 0 Å². The molecule has 3 nitrogen and oxygen atoms in total.